The summed E-state index contributed by atoms with van der Waals surface area (Å²) in [6.45, 7) is 2.73. The van der Waals surface area contributed by atoms with Gasteiger partial charge in [0, 0.05) is 32.1 Å². The molecule has 8 heteroatoms. The Labute approximate surface area is 135 Å². The maximum absolute atomic E-state index is 12.6. The molecular weight excluding hydrogens is 318 g/mol. The molecule has 1 amide bonds. The Morgan fingerprint density at radius 1 is 1.26 bits per heavy atom. The van der Waals surface area contributed by atoms with Crippen molar-refractivity contribution in [2.45, 2.75) is 26.2 Å². The fourth-order valence-electron chi connectivity index (χ4n) is 3.34. The van der Waals surface area contributed by atoms with Crippen molar-refractivity contribution in [3.05, 3.63) is 27.4 Å². The smallest absolute Gasteiger partial charge is 0.256 e. The first-order chi connectivity index (χ1) is 10.8. The minimum absolute atomic E-state index is 0.0472. The van der Waals surface area contributed by atoms with Gasteiger partial charge >= 0.3 is 0 Å². The average molecular weight is 339 g/mol. The lowest BCUT2D eigenvalue weighted by Gasteiger charge is -2.23. The maximum atomic E-state index is 12.6. The zero-order valence-electron chi connectivity index (χ0n) is 13.4. The molecule has 0 bridgehead atoms. The monoisotopic (exact) mass is 339 g/mol. The van der Waals surface area contributed by atoms with E-state index < -0.39 is 15.8 Å². The third-order valence-corrected chi connectivity index (χ3v) is 6.60. The Morgan fingerprint density at radius 3 is 2.61 bits per heavy atom. The molecular formula is C15H21N3O4S. The third-order valence-electron chi connectivity index (χ3n) is 4.84. The number of sulfone groups is 1. The lowest BCUT2D eigenvalue weighted by Crippen LogP contribution is -2.38. The lowest BCUT2D eigenvalue weighted by molar-refractivity contribution is -0.134. The summed E-state index contributed by atoms with van der Waals surface area (Å²) in [6, 6.07) is 0. The molecule has 7 nitrogen and oxygen atoms in total. The summed E-state index contributed by atoms with van der Waals surface area (Å²) < 4.78 is 24.7. The molecule has 0 N–H and O–H groups in total. The number of rotatable bonds is 1. The van der Waals surface area contributed by atoms with Crippen molar-refractivity contribution < 1.29 is 13.2 Å². The predicted octanol–water partition coefficient (Wildman–Crippen LogP) is -0.549. The number of carbonyl (C=O) groups excluding carboxylic acids is 1. The van der Waals surface area contributed by atoms with Crippen LogP contribution in [0.25, 0.3) is 0 Å². The minimum atomic E-state index is -3.07. The van der Waals surface area contributed by atoms with E-state index in [4.69, 9.17) is 0 Å². The molecule has 0 saturated carbocycles. The molecule has 0 spiro atoms. The highest BCUT2D eigenvalue weighted by Gasteiger charge is 2.36. The highest BCUT2D eigenvalue weighted by atomic mass is 32.2. The molecule has 1 saturated heterocycles. The summed E-state index contributed by atoms with van der Waals surface area (Å²) in [5.41, 5.74) is 1.39. The van der Waals surface area contributed by atoms with E-state index in [9.17, 15) is 18.0 Å². The number of carbonyl (C=O) groups is 1. The largest absolute Gasteiger partial charge is 0.342 e. The Balaban J connectivity index is 1.79. The van der Waals surface area contributed by atoms with Crippen LogP contribution >= 0.6 is 0 Å². The number of nitrogens with zero attached hydrogens (tertiary/aromatic N) is 3. The molecule has 0 unspecified atom stereocenters. The van der Waals surface area contributed by atoms with Crippen LogP contribution in [0.4, 0.5) is 0 Å². The molecule has 0 radical (unpaired) electrons. The summed E-state index contributed by atoms with van der Waals surface area (Å²) in [4.78, 5) is 31.1. The van der Waals surface area contributed by atoms with E-state index in [1.54, 1.807) is 18.9 Å². The van der Waals surface area contributed by atoms with E-state index in [1.807, 2.05) is 0 Å². The zero-order valence-corrected chi connectivity index (χ0v) is 14.2. The Bertz CT molecular complexity index is 813. The predicted molar refractivity (Wildman–Crippen MR) is 85.0 cm³/mol. The van der Waals surface area contributed by atoms with Gasteiger partial charge in [-0.25, -0.2) is 13.4 Å². The number of aromatic nitrogens is 2. The zero-order chi connectivity index (χ0) is 16.8. The average Bonchev–Trinajstić information content (AvgIpc) is 2.73. The SMILES string of the molecule is Cc1nc2c(c(=O)n1C)CCN(C(=O)[C@@H]1CCS(=O)(=O)C1)CC2. The van der Waals surface area contributed by atoms with Crippen molar-refractivity contribution in [1.82, 2.24) is 14.5 Å². The summed E-state index contributed by atoms with van der Waals surface area (Å²) >= 11 is 0. The van der Waals surface area contributed by atoms with Gasteiger partial charge in [0.2, 0.25) is 5.91 Å². The van der Waals surface area contributed by atoms with Crippen LogP contribution in [0.15, 0.2) is 4.79 Å². The van der Waals surface area contributed by atoms with Crippen LogP contribution in [0.1, 0.15) is 23.5 Å². The topological polar surface area (TPSA) is 89.3 Å². The van der Waals surface area contributed by atoms with Gasteiger partial charge in [-0.15, -0.1) is 0 Å². The molecule has 0 aromatic carbocycles. The number of amides is 1. The highest BCUT2D eigenvalue weighted by Crippen LogP contribution is 2.22. The molecule has 1 fully saturated rings. The number of aryl methyl sites for hydroxylation is 1. The van der Waals surface area contributed by atoms with Crippen LogP contribution in [0.2, 0.25) is 0 Å². The molecule has 1 aromatic heterocycles. The molecule has 1 aromatic rings. The van der Waals surface area contributed by atoms with Crippen LogP contribution in [0.3, 0.4) is 0 Å². The van der Waals surface area contributed by atoms with Gasteiger partial charge in [0.15, 0.2) is 9.84 Å². The second kappa shape index (κ2) is 5.74. The molecule has 2 aliphatic heterocycles. The molecule has 3 heterocycles. The maximum Gasteiger partial charge on any atom is 0.256 e. The molecule has 23 heavy (non-hydrogen) atoms. The molecule has 1 atom stereocenters. The highest BCUT2D eigenvalue weighted by molar-refractivity contribution is 7.91. The third kappa shape index (κ3) is 3.04. The van der Waals surface area contributed by atoms with Crippen molar-refractivity contribution in [3.63, 3.8) is 0 Å². The van der Waals surface area contributed by atoms with Crippen LogP contribution in [0, 0.1) is 12.8 Å². The molecule has 126 valence electrons. The van der Waals surface area contributed by atoms with Gasteiger partial charge in [-0.05, 0) is 19.8 Å². The minimum Gasteiger partial charge on any atom is -0.342 e. The van der Waals surface area contributed by atoms with Gasteiger partial charge in [0.1, 0.15) is 5.82 Å². The van der Waals surface area contributed by atoms with E-state index in [1.165, 1.54) is 4.57 Å². The summed E-state index contributed by atoms with van der Waals surface area (Å²) in [5, 5.41) is 0. The first-order valence-corrected chi connectivity index (χ1v) is 9.65. The standard InChI is InChI=1S/C15H21N3O4S/c1-10-16-13-4-7-18(6-3-12(13)15(20)17(10)2)14(19)11-5-8-23(21,22)9-11/h11H,3-9H2,1-2H3/t11-/m1/s1. The number of hydrogen-bond acceptors (Lipinski definition) is 5. The van der Waals surface area contributed by atoms with Gasteiger partial charge < -0.3 is 4.90 Å². The van der Waals surface area contributed by atoms with Gasteiger partial charge in [-0.1, -0.05) is 0 Å². The molecule has 3 rings (SSSR count). The van der Waals surface area contributed by atoms with Crippen molar-refractivity contribution in [3.8, 4) is 0 Å². The second-order valence-corrected chi connectivity index (χ2v) is 8.60. The van der Waals surface area contributed by atoms with Crippen molar-refractivity contribution in [2.24, 2.45) is 13.0 Å². The van der Waals surface area contributed by atoms with Crippen LogP contribution in [-0.4, -0.2) is 53.4 Å². The number of fused-ring (bicyclic) bond motifs is 1. The fraction of sp³-hybridized carbons (Fsp3) is 0.667. The lowest BCUT2D eigenvalue weighted by atomic mass is 10.1. The van der Waals surface area contributed by atoms with E-state index in [2.05, 4.69) is 4.98 Å². The Hall–Kier alpha value is -1.70. The molecule has 2 aliphatic rings. The summed E-state index contributed by atoms with van der Waals surface area (Å²) in [7, 11) is -1.38. The van der Waals surface area contributed by atoms with Gasteiger partial charge in [-0.2, -0.15) is 0 Å². The summed E-state index contributed by atoms with van der Waals surface area (Å²) in [6.07, 6.45) is 1.42. The first-order valence-electron chi connectivity index (χ1n) is 7.83. The van der Waals surface area contributed by atoms with E-state index in [-0.39, 0.29) is 23.0 Å². The van der Waals surface area contributed by atoms with Gasteiger partial charge in [-0.3, -0.25) is 14.2 Å². The number of hydrogen-bond donors (Lipinski definition) is 0. The second-order valence-electron chi connectivity index (χ2n) is 6.37. The van der Waals surface area contributed by atoms with E-state index in [0.29, 0.717) is 43.7 Å². The van der Waals surface area contributed by atoms with Gasteiger partial charge in [0.25, 0.3) is 5.56 Å². The van der Waals surface area contributed by atoms with Crippen molar-refractivity contribution in [1.29, 1.82) is 0 Å². The fourth-order valence-corrected chi connectivity index (χ4v) is 5.07. The van der Waals surface area contributed by atoms with Crippen LogP contribution < -0.4 is 5.56 Å². The van der Waals surface area contributed by atoms with Crippen LogP contribution in [0.5, 0.6) is 0 Å². The summed E-state index contributed by atoms with van der Waals surface area (Å²) in [5.74, 6) is 0.175. The van der Waals surface area contributed by atoms with E-state index >= 15 is 0 Å². The van der Waals surface area contributed by atoms with Crippen molar-refractivity contribution in [2.75, 3.05) is 24.6 Å². The normalized spacial score (nSPS) is 23.4. The van der Waals surface area contributed by atoms with E-state index in [0.717, 1.165) is 5.69 Å². The van der Waals surface area contributed by atoms with Crippen molar-refractivity contribution >= 4 is 15.7 Å². The Kier molecular flexibility index (Phi) is 4.03. The Morgan fingerprint density at radius 2 is 1.96 bits per heavy atom. The first kappa shape index (κ1) is 16.2. The van der Waals surface area contributed by atoms with Gasteiger partial charge in [0.05, 0.1) is 23.1 Å². The quantitative estimate of drug-likeness (QED) is 0.685. The van der Waals surface area contributed by atoms with Crippen LogP contribution in [-0.2, 0) is 34.5 Å². The molecule has 0 aliphatic carbocycles.